The molecule has 1 saturated heterocycles. The van der Waals surface area contributed by atoms with E-state index in [1.807, 2.05) is 84.9 Å². The zero-order valence-electron chi connectivity index (χ0n) is 20.7. The number of aromatic nitrogens is 1. The fraction of sp³-hybridized carbons (Fsp3) is 0.233. The van der Waals surface area contributed by atoms with Crippen molar-refractivity contribution in [2.45, 2.75) is 31.4 Å². The summed E-state index contributed by atoms with van der Waals surface area (Å²) >= 11 is 0. The molecule has 0 saturated carbocycles. The van der Waals surface area contributed by atoms with E-state index < -0.39 is 12.1 Å². The molecule has 0 unspecified atom stereocenters. The monoisotopic (exact) mass is 495 g/mol. The summed E-state index contributed by atoms with van der Waals surface area (Å²) in [7, 11) is 1.62. The Labute approximate surface area is 216 Å². The molecule has 7 heteroatoms. The first-order valence-corrected chi connectivity index (χ1v) is 12.4. The Hall–Kier alpha value is -4.39. The molecule has 1 N–H and O–H groups in total. The summed E-state index contributed by atoms with van der Waals surface area (Å²) in [6.07, 6.45) is 2.72. The van der Waals surface area contributed by atoms with Crippen molar-refractivity contribution in [1.29, 1.82) is 0 Å². The molecule has 4 aromatic rings. The Balaban J connectivity index is 1.44. The smallest absolute Gasteiger partial charge is 0.410 e. The molecular formula is C30H29N3O4. The minimum atomic E-state index is -0.746. The number of fused-ring (bicyclic) bond motifs is 1. The highest BCUT2D eigenvalue weighted by Gasteiger charge is 2.41. The highest BCUT2D eigenvalue weighted by molar-refractivity contribution is 6.03. The van der Waals surface area contributed by atoms with Gasteiger partial charge in [0.25, 0.3) is 0 Å². The first-order valence-electron chi connectivity index (χ1n) is 12.4. The number of carbonyl (C=O) groups excluding carboxylic acids is 2. The normalized spacial score (nSPS) is 17.3. The van der Waals surface area contributed by atoms with Gasteiger partial charge in [0.05, 0.1) is 18.3 Å². The number of para-hydroxylation sites is 1. The third-order valence-electron chi connectivity index (χ3n) is 6.77. The lowest BCUT2D eigenvalue weighted by Crippen LogP contribution is -2.53. The Morgan fingerprint density at radius 3 is 2.54 bits per heavy atom. The highest BCUT2D eigenvalue weighted by Crippen LogP contribution is 2.35. The van der Waals surface area contributed by atoms with Gasteiger partial charge in [-0.1, -0.05) is 60.7 Å². The van der Waals surface area contributed by atoms with Crippen LogP contribution in [0.2, 0.25) is 0 Å². The van der Waals surface area contributed by atoms with Crippen molar-refractivity contribution in [3.63, 3.8) is 0 Å². The van der Waals surface area contributed by atoms with E-state index >= 15 is 0 Å². The Morgan fingerprint density at radius 1 is 0.973 bits per heavy atom. The molecule has 1 aliphatic heterocycles. The summed E-state index contributed by atoms with van der Waals surface area (Å²) in [5.41, 5.74) is 3.17. The van der Waals surface area contributed by atoms with Gasteiger partial charge in [-0.2, -0.15) is 0 Å². The molecule has 0 aliphatic carbocycles. The molecule has 188 valence electrons. The van der Waals surface area contributed by atoms with Gasteiger partial charge < -0.3 is 14.8 Å². The number of pyridine rings is 1. The van der Waals surface area contributed by atoms with E-state index in [4.69, 9.17) is 9.47 Å². The van der Waals surface area contributed by atoms with Gasteiger partial charge in [-0.3, -0.25) is 14.7 Å². The van der Waals surface area contributed by atoms with Crippen LogP contribution in [-0.4, -0.2) is 41.6 Å². The van der Waals surface area contributed by atoms with Gasteiger partial charge in [0.2, 0.25) is 5.91 Å². The van der Waals surface area contributed by atoms with E-state index in [0.29, 0.717) is 17.7 Å². The second-order valence-electron chi connectivity index (χ2n) is 9.07. The van der Waals surface area contributed by atoms with Crippen molar-refractivity contribution in [2.24, 2.45) is 0 Å². The number of carbonyl (C=O) groups is 2. The molecule has 0 bridgehead atoms. The number of likely N-dealkylation sites (tertiary alicyclic amines) is 1. The number of ether oxygens (including phenoxy) is 2. The molecule has 0 spiro atoms. The van der Waals surface area contributed by atoms with Gasteiger partial charge in [-0.25, -0.2) is 4.79 Å². The van der Waals surface area contributed by atoms with Gasteiger partial charge >= 0.3 is 6.09 Å². The maximum Gasteiger partial charge on any atom is 0.410 e. The number of nitrogens with one attached hydrogen (secondary N) is 1. The zero-order valence-corrected chi connectivity index (χ0v) is 20.7. The summed E-state index contributed by atoms with van der Waals surface area (Å²) in [5.74, 6) is 0.267. The fourth-order valence-corrected chi connectivity index (χ4v) is 4.94. The van der Waals surface area contributed by atoms with Crippen LogP contribution in [0.25, 0.3) is 10.9 Å². The van der Waals surface area contributed by atoms with Crippen molar-refractivity contribution in [1.82, 2.24) is 9.88 Å². The minimum absolute atomic E-state index is 0.144. The van der Waals surface area contributed by atoms with E-state index in [2.05, 4.69) is 10.3 Å². The molecule has 3 aromatic carbocycles. The molecule has 5 rings (SSSR count). The fourth-order valence-electron chi connectivity index (χ4n) is 4.94. The van der Waals surface area contributed by atoms with Crippen LogP contribution in [0.5, 0.6) is 5.75 Å². The number of rotatable bonds is 6. The average Bonchev–Trinajstić information content (AvgIpc) is 2.96. The van der Waals surface area contributed by atoms with Crippen LogP contribution in [-0.2, 0) is 16.1 Å². The molecule has 2 atom stereocenters. The van der Waals surface area contributed by atoms with E-state index in [9.17, 15) is 9.59 Å². The molecule has 2 heterocycles. The summed E-state index contributed by atoms with van der Waals surface area (Å²) in [6.45, 7) is 0.580. The summed E-state index contributed by atoms with van der Waals surface area (Å²) < 4.78 is 11.0. The standard InChI is InChI=1S/C30H29N3O4/c1-36-24-16-14-22(15-17-24)25-12-7-19-33(30(35)37-20-21-8-3-2-4-9-21)28(25)29(34)32-26-13-5-10-23-11-6-18-31-27(23)26/h2-6,8-11,13-18,25,28H,7,12,19-20H2,1H3,(H,32,34)/t25-,28-/m0/s1. The highest BCUT2D eigenvalue weighted by atomic mass is 16.6. The molecule has 0 radical (unpaired) electrons. The van der Waals surface area contributed by atoms with Crippen LogP contribution in [0.1, 0.15) is 29.9 Å². The zero-order chi connectivity index (χ0) is 25.6. The lowest BCUT2D eigenvalue weighted by molar-refractivity contribution is -0.122. The second kappa shape index (κ2) is 11.1. The number of piperidine rings is 1. The summed E-state index contributed by atoms with van der Waals surface area (Å²) in [6, 6.07) is 25.9. The van der Waals surface area contributed by atoms with Gasteiger partial charge in [-0.05, 0) is 48.2 Å². The van der Waals surface area contributed by atoms with Crippen molar-refractivity contribution in [2.75, 3.05) is 19.0 Å². The number of benzene rings is 3. The van der Waals surface area contributed by atoms with Crippen LogP contribution in [0.4, 0.5) is 10.5 Å². The van der Waals surface area contributed by atoms with Crippen molar-refractivity contribution in [3.05, 3.63) is 102 Å². The van der Waals surface area contributed by atoms with Crippen LogP contribution >= 0.6 is 0 Å². The van der Waals surface area contributed by atoms with Gasteiger partial charge in [0, 0.05) is 24.0 Å². The molecule has 37 heavy (non-hydrogen) atoms. The second-order valence-corrected chi connectivity index (χ2v) is 9.07. The SMILES string of the molecule is COc1ccc([C@@H]2CCCN(C(=O)OCc3ccccc3)[C@@H]2C(=O)Nc2cccc3cccnc23)cc1. The molecule has 2 amide bonds. The van der Waals surface area contributed by atoms with Gasteiger partial charge in [-0.15, -0.1) is 0 Å². The maximum absolute atomic E-state index is 13.9. The van der Waals surface area contributed by atoms with Crippen LogP contribution in [0.15, 0.2) is 91.1 Å². The first-order chi connectivity index (χ1) is 18.1. The van der Waals surface area contributed by atoms with E-state index in [0.717, 1.165) is 35.1 Å². The topological polar surface area (TPSA) is 80.8 Å². The van der Waals surface area contributed by atoms with E-state index in [1.54, 1.807) is 18.2 Å². The molecular weight excluding hydrogens is 466 g/mol. The van der Waals surface area contributed by atoms with Crippen LogP contribution in [0.3, 0.4) is 0 Å². The van der Waals surface area contributed by atoms with Crippen molar-refractivity contribution >= 4 is 28.6 Å². The van der Waals surface area contributed by atoms with Gasteiger partial charge in [0.15, 0.2) is 0 Å². The largest absolute Gasteiger partial charge is 0.497 e. The molecule has 1 fully saturated rings. The predicted octanol–water partition coefficient (Wildman–Crippen LogP) is 5.77. The third kappa shape index (κ3) is 5.40. The lowest BCUT2D eigenvalue weighted by Gasteiger charge is -2.39. The van der Waals surface area contributed by atoms with E-state index in [-0.39, 0.29) is 18.4 Å². The Kier molecular flexibility index (Phi) is 7.31. The predicted molar refractivity (Wildman–Crippen MR) is 142 cm³/mol. The maximum atomic E-state index is 13.9. The van der Waals surface area contributed by atoms with Crippen molar-refractivity contribution in [3.8, 4) is 5.75 Å². The Bertz CT molecular complexity index is 1370. The number of hydrogen-bond acceptors (Lipinski definition) is 5. The minimum Gasteiger partial charge on any atom is -0.497 e. The number of amides is 2. The molecule has 7 nitrogen and oxygen atoms in total. The van der Waals surface area contributed by atoms with Crippen LogP contribution in [0, 0.1) is 0 Å². The molecule has 1 aromatic heterocycles. The molecule has 1 aliphatic rings. The number of hydrogen-bond donors (Lipinski definition) is 1. The van der Waals surface area contributed by atoms with Gasteiger partial charge in [0.1, 0.15) is 18.4 Å². The van der Waals surface area contributed by atoms with Crippen LogP contribution < -0.4 is 10.1 Å². The average molecular weight is 496 g/mol. The van der Waals surface area contributed by atoms with Crippen molar-refractivity contribution < 1.29 is 19.1 Å². The quantitative estimate of drug-likeness (QED) is 0.367. The summed E-state index contributed by atoms with van der Waals surface area (Å²) in [4.78, 5) is 33.2. The van der Waals surface area contributed by atoms with E-state index in [1.165, 1.54) is 0 Å². The number of anilines is 1. The Morgan fingerprint density at radius 2 is 1.76 bits per heavy atom. The lowest BCUT2D eigenvalue weighted by atomic mass is 9.83. The summed E-state index contributed by atoms with van der Waals surface area (Å²) in [5, 5.41) is 3.99. The third-order valence-corrected chi connectivity index (χ3v) is 6.77. The number of methoxy groups -OCH3 is 1. The first kappa shape index (κ1) is 24.3. The number of nitrogens with zero attached hydrogens (tertiary/aromatic N) is 2.